The smallest absolute Gasteiger partial charge is 0.308 e. The number of hydrogen-bond donors (Lipinski definition) is 2. The number of carboxylic acids is 1. The molecule has 0 saturated heterocycles. The average molecular weight is 323 g/mol. The summed E-state index contributed by atoms with van der Waals surface area (Å²) >= 11 is 0. The molecule has 0 bridgehead atoms. The van der Waals surface area contributed by atoms with Gasteiger partial charge in [0.25, 0.3) is 0 Å². The lowest BCUT2D eigenvalue weighted by Gasteiger charge is -2.25. The van der Waals surface area contributed by atoms with Gasteiger partial charge >= 0.3 is 5.97 Å². The number of carbonyl (C=O) groups is 2. The monoisotopic (exact) mass is 323 g/mol. The number of aryl methyl sites for hydroxylation is 1. The van der Waals surface area contributed by atoms with E-state index in [-0.39, 0.29) is 11.8 Å². The van der Waals surface area contributed by atoms with Gasteiger partial charge in [0.1, 0.15) is 0 Å². The molecule has 0 fully saturated rings. The molecule has 0 aliphatic heterocycles. The van der Waals surface area contributed by atoms with E-state index >= 15 is 0 Å². The zero-order valence-electron chi connectivity index (χ0n) is 13.6. The van der Waals surface area contributed by atoms with Crippen molar-refractivity contribution in [2.45, 2.75) is 31.7 Å². The molecular formula is C20H21NO3. The highest BCUT2D eigenvalue weighted by atomic mass is 16.4. The molecule has 124 valence electrons. The van der Waals surface area contributed by atoms with E-state index in [9.17, 15) is 14.7 Å². The molecule has 2 aromatic rings. The van der Waals surface area contributed by atoms with Crippen molar-refractivity contribution in [3.8, 4) is 0 Å². The van der Waals surface area contributed by atoms with Crippen LogP contribution in [0.15, 0.2) is 54.6 Å². The summed E-state index contributed by atoms with van der Waals surface area (Å²) in [4.78, 5) is 24.3. The third kappa shape index (κ3) is 3.18. The predicted octanol–water partition coefficient (Wildman–Crippen LogP) is 3.29. The molecule has 1 amide bonds. The number of hydrogen-bond acceptors (Lipinski definition) is 2. The van der Waals surface area contributed by atoms with Gasteiger partial charge in [0.05, 0.1) is 17.9 Å². The number of carboxylic acid groups (broad SMARTS) is 1. The van der Waals surface area contributed by atoms with Gasteiger partial charge < -0.3 is 10.4 Å². The third-order valence-corrected chi connectivity index (χ3v) is 4.80. The number of benzene rings is 2. The predicted molar refractivity (Wildman–Crippen MR) is 91.6 cm³/mol. The Labute approximate surface area is 141 Å². The minimum atomic E-state index is -0.920. The fraction of sp³-hybridized carbons (Fsp3) is 0.300. The maximum absolute atomic E-state index is 12.8. The standard InChI is InChI=1S/C20H21NO3/c1-13(20(23)24)18(15-8-3-2-4-9-15)21-19(22)17-12-11-14-7-5-6-10-16(14)17/h2-10,13,17-18H,11-12H2,1H3,(H,21,22)(H,23,24). The normalized spacial score (nSPS) is 18.5. The molecule has 2 aromatic carbocycles. The molecule has 2 N–H and O–H groups in total. The second kappa shape index (κ2) is 6.87. The first kappa shape index (κ1) is 16.2. The Morgan fingerprint density at radius 3 is 2.46 bits per heavy atom. The van der Waals surface area contributed by atoms with Crippen LogP contribution in [-0.4, -0.2) is 17.0 Å². The molecule has 0 heterocycles. The fourth-order valence-corrected chi connectivity index (χ4v) is 3.38. The van der Waals surface area contributed by atoms with E-state index in [1.54, 1.807) is 6.92 Å². The highest BCUT2D eigenvalue weighted by Crippen LogP contribution is 2.34. The minimum Gasteiger partial charge on any atom is -0.481 e. The Hall–Kier alpha value is -2.62. The van der Waals surface area contributed by atoms with Crippen LogP contribution in [0.2, 0.25) is 0 Å². The lowest BCUT2D eigenvalue weighted by Crippen LogP contribution is -2.37. The van der Waals surface area contributed by atoms with Crippen molar-refractivity contribution in [3.05, 3.63) is 71.3 Å². The van der Waals surface area contributed by atoms with Crippen LogP contribution >= 0.6 is 0 Å². The van der Waals surface area contributed by atoms with Gasteiger partial charge in [0.15, 0.2) is 0 Å². The summed E-state index contributed by atoms with van der Waals surface area (Å²) in [5, 5.41) is 12.4. The van der Waals surface area contributed by atoms with Crippen molar-refractivity contribution >= 4 is 11.9 Å². The Morgan fingerprint density at radius 2 is 1.75 bits per heavy atom. The van der Waals surface area contributed by atoms with Crippen LogP contribution in [0, 0.1) is 5.92 Å². The quantitative estimate of drug-likeness (QED) is 0.887. The lowest BCUT2D eigenvalue weighted by molar-refractivity contribution is -0.142. The topological polar surface area (TPSA) is 66.4 Å². The Kier molecular flexibility index (Phi) is 4.65. The largest absolute Gasteiger partial charge is 0.481 e. The number of rotatable bonds is 5. The van der Waals surface area contributed by atoms with Gasteiger partial charge in [-0.2, -0.15) is 0 Å². The van der Waals surface area contributed by atoms with Crippen molar-refractivity contribution in [2.24, 2.45) is 5.92 Å². The molecule has 24 heavy (non-hydrogen) atoms. The third-order valence-electron chi connectivity index (χ3n) is 4.80. The first-order valence-corrected chi connectivity index (χ1v) is 8.24. The van der Waals surface area contributed by atoms with Crippen LogP contribution in [0.1, 0.15) is 42.0 Å². The summed E-state index contributed by atoms with van der Waals surface area (Å²) in [5.41, 5.74) is 3.08. The van der Waals surface area contributed by atoms with Crippen LogP contribution in [0.25, 0.3) is 0 Å². The van der Waals surface area contributed by atoms with E-state index in [4.69, 9.17) is 0 Å². The van der Waals surface area contributed by atoms with E-state index in [1.165, 1.54) is 5.56 Å². The van der Waals surface area contributed by atoms with Crippen LogP contribution < -0.4 is 5.32 Å². The van der Waals surface area contributed by atoms with Gasteiger partial charge in [0, 0.05) is 0 Å². The van der Waals surface area contributed by atoms with E-state index in [2.05, 4.69) is 11.4 Å². The molecule has 3 atom stereocenters. The molecular weight excluding hydrogens is 302 g/mol. The molecule has 0 saturated carbocycles. The number of nitrogens with one attached hydrogen (secondary N) is 1. The summed E-state index contributed by atoms with van der Waals surface area (Å²) in [5.74, 6) is -1.92. The van der Waals surface area contributed by atoms with Crippen molar-refractivity contribution in [1.82, 2.24) is 5.32 Å². The Bertz CT molecular complexity index is 742. The van der Waals surface area contributed by atoms with E-state index in [1.807, 2.05) is 48.5 Å². The highest BCUT2D eigenvalue weighted by molar-refractivity contribution is 5.86. The lowest BCUT2D eigenvalue weighted by atomic mass is 9.93. The fourth-order valence-electron chi connectivity index (χ4n) is 3.38. The molecule has 4 heteroatoms. The first-order chi connectivity index (χ1) is 11.6. The van der Waals surface area contributed by atoms with Gasteiger partial charge in [-0.05, 0) is 36.5 Å². The minimum absolute atomic E-state index is 0.0955. The second-order valence-electron chi connectivity index (χ2n) is 6.31. The summed E-state index contributed by atoms with van der Waals surface area (Å²) in [6, 6.07) is 16.7. The molecule has 3 unspecified atom stereocenters. The summed E-state index contributed by atoms with van der Waals surface area (Å²) in [7, 11) is 0. The summed E-state index contributed by atoms with van der Waals surface area (Å²) < 4.78 is 0. The van der Waals surface area contributed by atoms with E-state index < -0.39 is 17.9 Å². The van der Waals surface area contributed by atoms with Gasteiger partial charge in [-0.1, -0.05) is 54.6 Å². The van der Waals surface area contributed by atoms with Crippen LogP contribution in [0.5, 0.6) is 0 Å². The number of fused-ring (bicyclic) bond motifs is 1. The van der Waals surface area contributed by atoms with Crippen LogP contribution in [0.3, 0.4) is 0 Å². The highest BCUT2D eigenvalue weighted by Gasteiger charge is 2.32. The molecule has 1 aliphatic rings. The summed E-state index contributed by atoms with van der Waals surface area (Å²) in [6.07, 6.45) is 1.66. The average Bonchev–Trinajstić information content (AvgIpc) is 3.04. The van der Waals surface area contributed by atoms with Crippen LogP contribution in [-0.2, 0) is 16.0 Å². The number of amides is 1. The molecule has 0 aromatic heterocycles. The molecule has 3 rings (SSSR count). The molecule has 0 radical (unpaired) electrons. The Balaban J connectivity index is 1.83. The number of aliphatic carboxylic acids is 1. The summed E-state index contributed by atoms with van der Waals surface area (Å²) in [6.45, 7) is 1.63. The van der Waals surface area contributed by atoms with Gasteiger partial charge in [-0.25, -0.2) is 0 Å². The van der Waals surface area contributed by atoms with Crippen molar-refractivity contribution in [2.75, 3.05) is 0 Å². The zero-order chi connectivity index (χ0) is 17.1. The Morgan fingerprint density at radius 1 is 1.08 bits per heavy atom. The van der Waals surface area contributed by atoms with Crippen molar-refractivity contribution < 1.29 is 14.7 Å². The van der Waals surface area contributed by atoms with Crippen LogP contribution in [0.4, 0.5) is 0 Å². The van der Waals surface area contributed by atoms with Crippen molar-refractivity contribution in [3.63, 3.8) is 0 Å². The molecule has 0 spiro atoms. The van der Waals surface area contributed by atoms with Gasteiger partial charge in [-0.15, -0.1) is 0 Å². The number of carbonyl (C=O) groups excluding carboxylic acids is 1. The van der Waals surface area contributed by atoms with Gasteiger partial charge in [0.2, 0.25) is 5.91 Å². The van der Waals surface area contributed by atoms with Crippen molar-refractivity contribution in [1.29, 1.82) is 0 Å². The van der Waals surface area contributed by atoms with E-state index in [0.29, 0.717) is 0 Å². The molecule has 1 aliphatic carbocycles. The molecule has 4 nitrogen and oxygen atoms in total. The van der Waals surface area contributed by atoms with Gasteiger partial charge in [-0.3, -0.25) is 9.59 Å². The SMILES string of the molecule is CC(C(=O)O)C(NC(=O)C1CCc2ccccc21)c1ccccc1. The maximum atomic E-state index is 12.8. The first-order valence-electron chi connectivity index (χ1n) is 8.24. The second-order valence-corrected chi connectivity index (χ2v) is 6.31. The van der Waals surface area contributed by atoms with E-state index in [0.717, 1.165) is 24.0 Å². The maximum Gasteiger partial charge on any atom is 0.308 e. The zero-order valence-corrected chi connectivity index (χ0v) is 13.6.